The number of halogens is 1. The lowest BCUT2D eigenvalue weighted by Gasteiger charge is -2.37. The highest BCUT2D eigenvalue weighted by Gasteiger charge is 2.39. The van der Waals surface area contributed by atoms with Crippen LogP contribution in [0.25, 0.3) is 10.9 Å². The van der Waals surface area contributed by atoms with Gasteiger partial charge in [-0.05, 0) is 54.3 Å². The molecule has 3 unspecified atom stereocenters. The fourth-order valence-electron chi connectivity index (χ4n) is 5.20. The average Bonchev–Trinajstić information content (AvgIpc) is 3.45. The molecule has 1 N–H and O–H groups in total. The number of aromatic nitrogens is 1. The van der Waals surface area contributed by atoms with Gasteiger partial charge in [0, 0.05) is 33.8 Å². The number of hydrogen-bond acceptors (Lipinski definition) is 3. The fourth-order valence-corrected chi connectivity index (χ4v) is 6.78. The van der Waals surface area contributed by atoms with E-state index in [1.54, 1.807) is 30.5 Å². The summed E-state index contributed by atoms with van der Waals surface area (Å²) in [5.74, 6) is 0.544. The van der Waals surface area contributed by atoms with E-state index in [2.05, 4.69) is 17.5 Å². The van der Waals surface area contributed by atoms with Crippen molar-refractivity contribution in [2.75, 3.05) is 5.32 Å². The van der Waals surface area contributed by atoms with Crippen LogP contribution in [-0.2, 0) is 10.0 Å². The first kappa shape index (κ1) is 19.6. The highest BCUT2D eigenvalue weighted by Crippen LogP contribution is 2.51. The number of rotatable bonds is 3. The first-order chi connectivity index (χ1) is 15.5. The Morgan fingerprint density at radius 2 is 1.72 bits per heavy atom. The molecule has 0 radical (unpaired) electrons. The summed E-state index contributed by atoms with van der Waals surface area (Å²) in [5.41, 5.74) is 3.94. The van der Waals surface area contributed by atoms with Gasteiger partial charge in [0.05, 0.1) is 16.5 Å². The van der Waals surface area contributed by atoms with E-state index in [1.807, 2.05) is 48.5 Å². The minimum Gasteiger partial charge on any atom is -0.378 e. The van der Waals surface area contributed by atoms with Gasteiger partial charge in [0.2, 0.25) is 0 Å². The third-order valence-electron chi connectivity index (χ3n) is 6.67. The van der Waals surface area contributed by atoms with Gasteiger partial charge in [-0.15, -0.1) is 0 Å². The number of anilines is 1. The van der Waals surface area contributed by atoms with Gasteiger partial charge in [-0.1, -0.05) is 60.2 Å². The second kappa shape index (κ2) is 7.26. The zero-order valence-electron chi connectivity index (χ0n) is 17.1. The van der Waals surface area contributed by atoms with Gasteiger partial charge in [-0.25, -0.2) is 12.4 Å². The lowest BCUT2D eigenvalue weighted by Crippen LogP contribution is -2.29. The van der Waals surface area contributed by atoms with Crippen LogP contribution in [0.3, 0.4) is 0 Å². The summed E-state index contributed by atoms with van der Waals surface area (Å²) in [6.07, 6.45) is 7.22. The molecule has 1 aliphatic heterocycles. The third kappa shape index (κ3) is 2.92. The van der Waals surface area contributed by atoms with E-state index >= 15 is 0 Å². The number of nitrogens with one attached hydrogen (secondary N) is 1. The number of allylic oxidation sites excluding steroid dienone is 2. The van der Waals surface area contributed by atoms with Gasteiger partial charge >= 0.3 is 0 Å². The van der Waals surface area contributed by atoms with Crippen LogP contribution in [0.5, 0.6) is 0 Å². The van der Waals surface area contributed by atoms with Crippen LogP contribution in [0.2, 0.25) is 5.02 Å². The Balaban J connectivity index is 1.53. The minimum atomic E-state index is -3.72. The zero-order valence-corrected chi connectivity index (χ0v) is 18.7. The smallest absolute Gasteiger partial charge is 0.268 e. The fraction of sp³-hybridized carbons (Fsp3) is 0.154. The molecule has 0 amide bonds. The number of benzene rings is 3. The summed E-state index contributed by atoms with van der Waals surface area (Å²) >= 11 is 6.29. The van der Waals surface area contributed by atoms with Crippen molar-refractivity contribution < 1.29 is 8.42 Å². The zero-order chi connectivity index (χ0) is 21.9. The van der Waals surface area contributed by atoms with Crippen molar-refractivity contribution in [3.8, 4) is 0 Å². The van der Waals surface area contributed by atoms with Gasteiger partial charge in [-0.3, -0.25) is 0 Å². The molecular weight excluding hydrogens is 440 g/mol. The number of nitrogens with zero attached hydrogens (tertiary/aromatic N) is 1. The molecule has 160 valence electrons. The average molecular weight is 461 g/mol. The molecule has 32 heavy (non-hydrogen) atoms. The molecule has 3 atom stereocenters. The number of para-hydroxylation sites is 1. The SMILES string of the molecule is O=S(=O)(c1ccccc1)n1cc(C2Nc3ccc(Cl)cc3C3C=CCC32)c2ccccc21. The summed E-state index contributed by atoms with van der Waals surface area (Å²) < 4.78 is 28.5. The van der Waals surface area contributed by atoms with Crippen molar-refractivity contribution in [1.29, 1.82) is 0 Å². The minimum absolute atomic E-state index is 0.0131. The Kier molecular flexibility index (Phi) is 4.46. The van der Waals surface area contributed by atoms with Gasteiger partial charge < -0.3 is 5.32 Å². The van der Waals surface area contributed by atoms with Gasteiger partial charge in [0.1, 0.15) is 0 Å². The molecule has 6 rings (SSSR count). The molecule has 2 aliphatic rings. The topological polar surface area (TPSA) is 51.1 Å². The van der Waals surface area contributed by atoms with E-state index < -0.39 is 10.0 Å². The predicted molar refractivity (Wildman–Crippen MR) is 129 cm³/mol. The maximum absolute atomic E-state index is 13.5. The molecule has 1 aliphatic carbocycles. The molecule has 4 aromatic rings. The largest absolute Gasteiger partial charge is 0.378 e. The maximum Gasteiger partial charge on any atom is 0.268 e. The van der Waals surface area contributed by atoms with Crippen LogP contribution in [0.15, 0.2) is 96.0 Å². The van der Waals surface area contributed by atoms with Crippen molar-refractivity contribution in [1.82, 2.24) is 3.97 Å². The highest BCUT2D eigenvalue weighted by molar-refractivity contribution is 7.90. The quantitative estimate of drug-likeness (QED) is 0.362. The third-order valence-corrected chi connectivity index (χ3v) is 8.59. The van der Waals surface area contributed by atoms with Crippen molar-refractivity contribution in [2.45, 2.75) is 23.3 Å². The van der Waals surface area contributed by atoms with E-state index in [1.165, 1.54) is 9.54 Å². The van der Waals surface area contributed by atoms with E-state index in [4.69, 9.17) is 11.6 Å². The van der Waals surface area contributed by atoms with Crippen molar-refractivity contribution >= 4 is 38.2 Å². The van der Waals surface area contributed by atoms with Crippen LogP contribution in [0.4, 0.5) is 5.69 Å². The Hall–Kier alpha value is -3.02. The van der Waals surface area contributed by atoms with Gasteiger partial charge in [-0.2, -0.15) is 0 Å². The molecule has 2 heterocycles. The molecule has 0 saturated heterocycles. The van der Waals surface area contributed by atoms with Crippen LogP contribution < -0.4 is 5.32 Å². The van der Waals surface area contributed by atoms with Crippen molar-refractivity contribution in [3.63, 3.8) is 0 Å². The normalized spacial score (nSPS) is 21.8. The van der Waals surface area contributed by atoms with Crippen LogP contribution in [0, 0.1) is 5.92 Å². The summed E-state index contributed by atoms with van der Waals surface area (Å²) in [6.45, 7) is 0. The summed E-state index contributed by atoms with van der Waals surface area (Å²) in [7, 11) is -3.72. The van der Waals surface area contributed by atoms with E-state index in [9.17, 15) is 8.42 Å². The molecule has 0 bridgehead atoms. The molecule has 0 fully saturated rings. The molecule has 0 spiro atoms. The van der Waals surface area contributed by atoms with E-state index in [0.717, 1.165) is 28.1 Å². The van der Waals surface area contributed by atoms with Crippen LogP contribution in [-0.4, -0.2) is 12.4 Å². The number of hydrogen-bond donors (Lipinski definition) is 1. The van der Waals surface area contributed by atoms with Crippen molar-refractivity contribution in [3.05, 3.63) is 107 Å². The summed E-state index contributed by atoms with van der Waals surface area (Å²) in [6, 6.07) is 22.3. The second-order valence-corrected chi connectivity index (χ2v) is 10.7. The Morgan fingerprint density at radius 3 is 2.56 bits per heavy atom. The Bertz CT molecular complexity index is 1470. The van der Waals surface area contributed by atoms with E-state index in [0.29, 0.717) is 11.4 Å². The Labute approximate surface area is 192 Å². The van der Waals surface area contributed by atoms with Crippen LogP contribution >= 0.6 is 11.6 Å². The number of fused-ring (bicyclic) bond motifs is 4. The summed E-state index contributed by atoms with van der Waals surface area (Å²) in [5, 5.41) is 5.38. The maximum atomic E-state index is 13.5. The molecule has 1 aromatic heterocycles. The molecule has 6 heteroatoms. The second-order valence-electron chi connectivity index (χ2n) is 8.42. The molecule has 3 aromatic carbocycles. The van der Waals surface area contributed by atoms with Crippen molar-refractivity contribution in [2.24, 2.45) is 5.92 Å². The lowest BCUT2D eigenvalue weighted by atomic mass is 9.77. The van der Waals surface area contributed by atoms with E-state index in [-0.39, 0.29) is 16.9 Å². The molecule has 0 saturated carbocycles. The highest BCUT2D eigenvalue weighted by atomic mass is 35.5. The van der Waals surface area contributed by atoms with Gasteiger partial charge in [0.25, 0.3) is 10.0 Å². The monoisotopic (exact) mass is 460 g/mol. The first-order valence-electron chi connectivity index (χ1n) is 10.7. The van der Waals surface area contributed by atoms with Gasteiger partial charge in [0.15, 0.2) is 0 Å². The lowest BCUT2D eigenvalue weighted by molar-refractivity contribution is 0.427. The standard InChI is InChI=1S/C26H21ClN2O2S/c27-17-13-14-24-22(15-17)19-10-6-11-21(19)26(28-24)23-16-29(25-12-5-4-9-20(23)25)32(30,31)18-7-2-1-3-8-18/h1-10,12-16,19,21,26,28H,11H2. The first-order valence-corrected chi connectivity index (χ1v) is 12.5. The predicted octanol–water partition coefficient (Wildman–Crippen LogP) is 6.36. The summed E-state index contributed by atoms with van der Waals surface area (Å²) in [4.78, 5) is 0.282. The molecule has 4 nitrogen and oxygen atoms in total. The Morgan fingerprint density at radius 1 is 0.938 bits per heavy atom. The van der Waals surface area contributed by atoms with Crippen LogP contribution in [0.1, 0.15) is 29.5 Å². The molecular formula is C26H21ClN2O2S.